The zero-order valence-corrected chi connectivity index (χ0v) is 11.1. The van der Waals surface area contributed by atoms with Gasteiger partial charge in [0.25, 0.3) is 0 Å². The van der Waals surface area contributed by atoms with Crippen LogP contribution >= 0.6 is 0 Å². The summed E-state index contributed by atoms with van der Waals surface area (Å²) in [6.45, 7) is 2.58. The zero-order valence-electron chi connectivity index (χ0n) is 11.1. The van der Waals surface area contributed by atoms with Crippen molar-refractivity contribution in [3.63, 3.8) is 0 Å². The van der Waals surface area contributed by atoms with Crippen molar-refractivity contribution in [2.24, 2.45) is 5.92 Å². The van der Waals surface area contributed by atoms with Crippen molar-refractivity contribution in [2.75, 3.05) is 6.54 Å². The molecule has 0 bridgehead atoms. The molecule has 0 saturated heterocycles. The summed E-state index contributed by atoms with van der Waals surface area (Å²) in [6, 6.07) is 3.67. The molecule has 1 unspecified atom stereocenters. The normalized spacial score (nSPS) is 11.8. The van der Waals surface area contributed by atoms with Crippen LogP contribution in [0, 0.1) is 5.92 Å². The number of carbonyl (C=O) groups is 2. The van der Waals surface area contributed by atoms with Crippen molar-refractivity contribution in [3.8, 4) is 0 Å². The Kier molecular flexibility index (Phi) is 6.57. The molecular weight excluding hydrogens is 244 g/mol. The average Bonchev–Trinajstić information content (AvgIpc) is 2.37. The molecule has 1 rings (SSSR count). The van der Waals surface area contributed by atoms with Gasteiger partial charge >= 0.3 is 5.97 Å². The van der Waals surface area contributed by atoms with E-state index in [2.05, 4.69) is 10.3 Å². The molecule has 19 heavy (non-hydrogen) atoms. The van der Waals surface area contributed by atoms with Gasteiger partial charge in [0.1, 0.15) is 0 Å². The van der Waals surface area contributed by atoms with Crippen LogP contribution in [-0.4, -0.2) is 28.5 Å². The van der Waals surface area contributed by atoms with Crippen molar-refractivity contribution in [1.82, 2.24) is 10.3 Å². The van der Waals surface area contributed by atoms with Crippen molar-refractivity contribution in [1.29, 1.82) is 0 Å². The largest absolute Gasteiger partial charge is 0.481 e. The lowest BCUT2D eigenvalue weighted by Crippen LogP contribution is -2.27. The smallest absolute Gasteiger partial charge is 0.303 e. The number of hydrogen-bond donors (Lipinski definition) is 2. The van der Waals surface area contributed by atoms with Gasteiger partial charge < -0.3 is 10.4 Å². The maximum Gasteiger partial charge on any atom is 0.303 e. The summed E-state index contributed by atoms with van der Waals surface area (Å²) in [5.41, 5.74) is 0.888. The Bertz CT molecular complexity index is 406. The summed E-state index contributed by atoms with van der Waals surface area (Å²) in [5.74, 6) is -0.499. The molecule has 1 heterocycles. The molecule has 5 nitrogen and oxygen atoms in total. The van der Waals surface area contributed by atoms with E-state index < -0.39 is 5.97 Å². The highest BCUT2D eigenvalue weighted by Gasteiger charge is 2.07. The summed E-state index contributed by atoms with van der Waals surface area (Å²) < 4.78 is 0. The summed E-state index contributed by atoms with van der Waals surface area (Å²) in [6.07, 6.45) is 5.31. The van der Waals surface area contributed by atoms with Gasteiger partial charge in [-0.1, -0.05) is 13.0 Å². The quantitative estimate of drug-likeness (QED) is 0.748. The number of carboxylic acid groups (broad SMARTS) is 1. The van der Waals surface area contributed by atoms with Gasteiger partial charge in [-0.15, -0.1) is 0 Å². The summed E-state index contributed by atoms with van der Waals surface area (Å²) in [5, 5.41) is 11.4. The number of rotatable bonds is 8. The molecule has 5 heteroatoms. The van der Waals surface area contributed by atoms with E-state index in [9.17, 15) is 9.59 Å². The number of aliphatic carboxylic acids is 1. The molecule has 1 atom stereocenters. The van der Waals surface area contributed by atoms with Crippen LogP contribution in [0.15, 0.2) is 24.5 Å². The third-order valence-electron chi connectivity index (χ3n) is 2.90. The number of nitrogens with zero attached hydrogens (tertiary/aromatic N) is 1. The molecule has 1 aromatic rings. The lowest BCUT2D eigenvalue weighted by Gasteiger charge is -2.10. The van der Waals surface area contributed by atoms with Crippen molar-refractivity contribution in [3.05, 3.63) is 30.1 Å². The summed E-state index contributed by atoms with van der Waals surface area (Å²) >= 11 is 0. The Labute approximate surface area is 113 Å². The Morgan fingerprint density at radius 1 is 1.42 bits per heavy atom. The van der Waals surface area contributed by atoms with E-state index in [0.717, 1.165) is 12.0 Å². The Morgan fingerprint density at radius 3 is 2.84 bits per heavy atom. The fourth-order valence-corrected chi connectivity index (χ4v) is 1.72. The highest BCUT2D eigenvalue weighted by molar-refractivity contribution is 5.78. The number of hydrogen-bond acceptors (Lipinski definition) is 3. The van der Waals surface area contributed by atoms with E-state index in [-0.39, 0.29) is 12.3 Å². The molecule has 0 aromatic carbocycles. The van der Waals surface area contributed by atoms with Crippen molar-refractivity contribution < 1.29 is 14.7 Å². The van der Waals surface area contributed by atoms with Crippen molar-refractivity contribution >= 4 is 11.9 Å². The third kappa shape index (κ3) is 7.18. The van der Waals surface area contributed by atoms with E-state index in [0.29, 0.717) is 25.3 Å². The Hall–Kier alpha value is -1.91. The van der Waals surface area contributed by atoms with E-state index >= 15 is 0 Å². The first-order chi connectivity index (χ1) is 9.08. The maximum absolute atomic E-state index is 11.6. The highest BCUT2D eigenvalue weighted by Crippen LogP contribution is 2.09. The van der Waals surface area contributed by atoms with E-state index in [1.165, 1.54) is 0 Å². The van der Waals surface area contributed by atoms with Crippen LogP contribution in [0.1, 0.15) is 31.7 Å². The van der Waals surface area contributed by atoms with E-state index in [1.54, 1.807) is 18.5 Å². The number of carbonyl (C=O) groups excluding carboxylic acids is 1. The van der Waals surface area contributed by atoms with Crippen LogP contribution in [0.25, 0.3) is 0 Å². The molecule has 0 radical (unpaired) electrons. The molecule has 104 valence electrons. The van der Waals surface area contributed by atoms with Gasteiger partial charge in [-0.05, 0) is 30.4 Å². The van der Waals surface area contributed by atoms with Gasteiger partial charge in [0, 0.05) is 25.4 Å². The molecular formula is C14H20N2O3. The standard InChI is InChI=1S/C14H20N2O3/c1-11(4-5-14(18)19)6-8-16-13(17)9-12-3-2-7-15-10-12/h2-3,7,10-11H,4-6,8-9H2,1H3,(H,16,17)(H,18,19). The molecule has 0 aliphatic carbocycles. The van der Waals surface area contributed by atoms with Crippen LogP contribution in [0.5, 0.6) is 0 Å². The van der Waals surface area contributed by atoms with Gasteiger partial charge in [0.2, 0.25) is 5.91 Å². The van der Waals surface area contributed by atoms with Gasteiger partial charge in [-0.3, -0.25) is 14.6 Å². The minimum atomic E-state index is -0.771. The first-order valence-corrected chi connectivity index (χ1v) is 6.45. The summed E-state index contributed by atoms with van der Waals surface area (Å²) in [7, 11) is 0. The predicted octanol–water partition coefficient (Wildman–Crippen LogP) is 1.63. The molecule has 0 spiro atoms. The SMILES string of the molecule is CC(CCNC(=O)Cc1cccnc1)CCC(=O)O. The topological polar surface area (TPSA) is 79.3 Å². The van der Waals surface area contributed by atoms with Crippen LogP contribution < -0.4 is 5.32 Å². The minimum Gasteiger partial charge on any atom is -0.481 e. The Morgan fingerprint density at radius 2 is 2.21 bits per heavy atom. The molecule has 1 amide bonds. The van der Waals surface area contributed by atoms with Gasteiger partial charge in [-0.2, -0.15) is 0 Å². The fraction of sp³-hybridized carbons (Fsp3) is 0.500. The van der Waals surface area contributed by atoms with E-state index in [1.807, 2.05) is 13.0 Å². The second-order valence-corrected chi connectivity index (χ2v) is 4.71. The van der Waals surface area contributed by atoms with Crippen LogP contribution in [0.2, 0.25) is 0 Å². The first-order valence-electron chi connectivity index (χ1n) is 6.45. The fourth-order valence-electron chi connectivity index (χ4n) is 1.72. The Balaban J connectivity index is 2.15. The monoisotopic (exact) mass is 264 g/mol. The molecule has 0 saturated carbocycles. The van der Waals surface area contributed by atoms with Gasteiger partial charge in [-0.25, -0.2) is 0 Å². The van der Waals surface area contributed by atoms with Crippen LogP contribution in [0.3, 0.4) is 0 Å². The molecule has 2 N–H and O–H groups in total. The van der Waals surface area contributed by atoms with Gasteiger partial charge in [0.05, 0.1) is 6.42 Å². The average molecular weight is 264 g/mol. The molecule has 0 fully saturated rings. The summed E-state index contributed by atoms with van der Waals surface area (Å²) in [4.78, 5) is 26.0. The molecule has 0 aliphatic heterocycles. The first kappa shape index (κ1) is 15.1. The minimum absolute atomic E-state index is 0.0292. The molecule has 0 aliphatic rings. The number of carboxylic acids is 1. The van der Waals surface area contributed by atoms with E-state index in [4.69, 9.17) is 5.11 Å². The number of aromatic nitrogens is 1. The number of nitrogens with one attached hydrogen (secondary N) is 1. The predicted molar refractivity (Wildman–Crippen MR) is 71.6 cm³/mol. The zero-order chi connectivity index (χ0) is 14.1. The second-order valence-electron chi connectivity index (χ2n) is 4.71. The van der Waals surface area contributed by atoms with Crippen LogP contribution in [-0.2, 0) is 16.0 Å². The highest BCUT2D eigenvalue weighted by atomic mass is 16.4. The maximum atomic E-state index is 11.6. The third-order valence-corrected chi connectivity index (χ3v) is 2.90. The molecule has 1 aromatic heterocycles. The lowest BCUT2D eigenvalue weighted by molar-refractivity contribution is -0.137. The number of amides is 1. The second kappa shape index (κ2) is 8.24. The van der Waals surface area contributed by atoms with Crippen LogP contribution in [0.4, 0.5) is 0 Å². The lowest BCUT2D eigenvalue weighted by atomic mass is 10.0. The van der Waals surface area contributed by atoms with Crippen molar-refractivity contribution in [2.45, 2.75) is 32.6 Å². The number of pyridine rings is 1. The van der Waals surface area contributed by atoms with Gasteiger partial charge in [0.15, 0.2) is 0 Å².